The summed E-state index contributed by atoms with van der Waals surface area (Å²) in [5.41, 5.74) is 5.28. The van der Waals surface area contributed by atoms with E-state index in [9.17, 15) is 28.8 Å². The van der Waals surface area contributed by atoms with Gasteiger partial charge in [0.25, 0.3) is 17.7 Å². The van der Waals surface area contributed by atoms with Gasteiger partial charge in [-0.3, -0.25) is 24.1 Å². The molecule has 200 valence electrons. The highest BCUT2D eigenvalue weighted by atomic mass is 16.6. The van der Waals surface area contributed by atoms with Gasteiger partial charge >= 0.3 is 12.1 Å². The second-order valence-corrected chi connectivity index (χ2v) is 10.4. The number of hydrogen-bond acceptors (Lipinski definition) is 9. The lowest BCUT2D eigenvalue weighted by Crippen LogP contribution is -2.57. The van der Waals surface area contributed by atoms with E-state index >= 15 is 0 Å². The highest BCUT2D eigenvalue weighted by Gasteiger charge is 2.48. The number of alkyl carbamates (subject to hydrolysis) is 1. The molecular formula is C25H32N4O8. The van der Waals surface area contributed by atoms with Crippen LogP contribution in [0.5, 0.6) is 0 Å². The van der Waals surface area contributed by atoms with Crippen molar-refractivity contribution in [3.8, 4) is 0 Å². The van der Waals surface area contributed by atoms with Crippen LogP contribution in [0.1, 0.15) is 74.6 Å². The van der Waals surface area contributed by atoms with Crippen LogP contribution in [0.2, 0.25) is 0 Å². The van der Waals surface area contributed by atoms with Crippen LogP contribution < -0.4 is 11.1 Å². The maximum Gasteiger partial charge on any atom is 0.408 e. The number of piperidine rings is 1. The van der Waals surface area contributed by atoms with Crippen LogP contribution in [-0.2, 0) is 23.9 Å². The zero-order valence-corrected chi connectivity index (χ0v) is 21.5. The van der Waals surface area contributed by atoms with Crippen LogP contribution in [0, 0.1) is 5.92 Å². The molecule has 1 unspecified atom stereocenters. The third-order valence-corrected chi connectivity index (χ3v) is 5.79. The van der Waals surface area contributed by atoms with Gasteiger partial charge in [0.05, 0.1) is 11.1 Å². The zero-order valence-electron chi connectivity index (χ0n) is 21.5. The summed E-state index contributed by atoms with van der Waals surface area (Å²) < 4.78 is 10.4. The van der Waals surface area contributed by atoms with Gasteiger partial charge in [-0.1, -0.05) is 19.9 Å². The number of likely N-dealkylation sites (tertiary alicyclic amines) is 1. The third-order valence-electron chi connectivity index (χ3n) is 5.79. The molecule has 37 heavy (non-hydrogen) atoms. The van der Waals surface area contributed by atoms with Crippen molar-refractivity contribution in [2.75, 3.05) is 12.5 Å². The Morgan fingerprint density at radius 1 is 1.14 bits per heavy atom. The standard InChI is InChI=1S/C25H32N4O8/c1-13(2)11-16(27-24(35)37-25(3,4)5)23(34)36-12-28-18(30)10-9-17(21(28)32)29-20(31)14-7-6-8-15(26)19(14)22(29)33/h6-8,13,16-17H,9-12,26H2,1-5H3,(H,27,35)/t16-,17?/m0/s1. The highest BCUT2D eigenvalue weighted by molar-refractivity contribution is 6.25. The Hall–Kier alpha value is -3.96. The van der Waals surface area contributed by atoms with Crippen molar-refractivity contribution >= 4 is 41.4 Å². The van der Waals surface area contributed by atoms with Gasteiger partial charge < -0.3 is 20.5 Å². The maximum absolute atomic E-state index is 13.2. The topological polar surface area (TPSA) is 165 Å². The fourth-order valence-corrected chi connectivity index (χ4v) is 4.17. The van der Waals surface area contributed by atoms with E-state index in [4.69, 9.17) is 15.2 Å². The monoisotopic (exact) mass is 516 g/mol. The number of esters is 1. The number of nitrogens with zero attached hydrogens (tertiary/aromatic N) is 2. The van der Waals surface area contributed by atoms with Gasteiger partial charge in [0.15, 0.2) is 6.73 Å². The Labute approximate surface area is 214 Å². The van der Waals surface area contributed by atoms with Gasteiger partial charge in [-0.05, 0) is 51.7 Å². The van der Waals surface area contributed by atoms with Crippen molar-refractivity contribution in [1.82, 2.24) is 15.1 Å². The molecule has 3 rings (SSSR count). The molecule has 1 aromatic rings. The van der Waals surface area contributed by atoms with E-state index < -0.39 is 60.1 Å². The number of benzene rings is 1. The van der Waals surface area contributed by atoms with Gasteiger partial charge in [0.2, 0.25) is 5.91 Å². The molecule has 0 radical (unpaired) electrons. The van der Waals surface area contributed by atoms with E-state index in [0.29, 0.717) is 4.90 Å². The molecule has 0 spiro atoms. The Morgan fingerprint density at radius 3 is 2.41 bits per heavy atom. The number of nitrogens with two attached hydrogens (primary N) is 1. The lowest BCUT2D eigenvalue weighted by molar-refractivity contribution is -0.165. The second-order valence-electron chi connectivity index (χ2n) is 10.4. The van der Waals surface area contributed by atoms with E-state index in [-0.39, 0.29) is 42.0 Å². The summed E-state index contributed by atoms with van der Waals surface area (Å²) in [5, 5.41) is 2.46. The molecule has 2 aliphatic heterocycles. The predicted molar refractivity (Wildman–Crippen MR) is 130 cm³/mol. The number of anilines is 1. The minimum Gasteiger partial charge on any atom is -0.444 e. The lowest BCUT2D eigenvalue weighted by Gasteiger charge is -2.34. The van der Waals surface area contributed by atoms with Crippen molar-refractivity contribution in [1.29, 1.82) is 0 Å². The number of fused-ring (bicyclic) bond motifs is 1. The molecule has 0 bridgehead atoms. The molecule has 12 heteroatoms. The van der Waals surface area contributed by atoms with Crippen LogP contribution in [0.3, 0.4) is 0 Å². The Balaban J connectivity index is 1.71. The van der Waals surface area contributed by atoms with Crippen LogP contribution in [0.15, 0.2) is 18.2 Å². The van der Waals surface area contributed by atoms with Crippen molar-refractivity contribution in [3.63, 3.8) is 0 Å². The molecule has 1 saturated heterocycles. The van der Waals surface area contributed by atoms with Gasteiger partial charge in [-0.2, -0.15) is 0 Å². The molecule has 1 fully saturated rings. The SMILES string of the molecule is CC(C)C[C@H](NC(=O)OC(C)(C)C)C(=O)OCN1C(=O)CCC(N2C(=O)c3cccc(N)c3C2=O)C1=O. The smallest absolute Gasteiger partial charge is 0.408 e. The van der Waals surface area contributed by atoms with E-state index in [2.05, 4.69) is 5.32 Å². The summed E-state index contributed by atoms with van der Waals surface area (Å²) in [7, 11) is 0. The van der Waals surface area contributed by atoms with Crippen LogP contribution in [0.4, 0.5) is 10.5 Å². The number of hydrogen-bond donors (Lipinski definition) is 2. The summed E-state index contributed by atoms with van der Waals surface area (Å²) in [6.45, 7) is 7.98. The van der Waals surface area contributed by atoms with Crippen LogP contribution in [-0.4, -0.2) is 69.9 Å². The van der Waals surface area contributed by atoms with Crippen LogP contribution in [0.25, 0.3) is 0 Å². The number of imide groups is 2. The minimum atomic E-state index is -1.26. The normalized spacial score (nSPS) is 18.7. The van der Waals surface area contributed by atoms with Crippen molar-refractivity contribution in [2.45, 2.75) is 71.6 Å². The molecule has 2 aliphatic rings. The first-order chi connectivity index (χ1) is 17.2. The van der Waals surface area contributed by atoms with E-state index in [1.165, 1.54) is 18.2 Å². The highest BCUT2D eigenvalue weighted by Crippen LogP contribution is 2.32. The quantitative estimate of drug-likeness (QED) is 0.312. The van der Waals surface area contributed by atoms with Gasteiger partial charge in [-0.15, -0.1) is 0 Å². The molecule has 0 aromatic heterocycles. The fraction of sp³-hybridized carbons (Fsp3) is 0.520. The number of rotatable bonds is 7. The summed E-state index contributed by atoms with van der Waals surface area (Å²) in [6, 6.07) is 2.11. The van der Waals surface area contributed by atoms with Crippen molar-refractivity contribution in [2.24, 2.45) is 5.92 Å². The average Bonchev–Trinajstić information content (AvgIpc) is 3.02. The van der Waals surface area contributed by atoms with E-state index in [1.54, 1.807) is 20.8 Å². The largest absolute Gasteiger partial charge is 0.444 e. The lowest BCUT2D eigenvalue weighted by atomic mass is 10.0. The van der Waals surface area contributed by atoms with Crippen molar-refractivity contribution < 1.29 is 38.2 Å². The number of nitrogens with one attached hydrogen (secondary N) is 1. The Morgan fingerprint density at radius 2 is 1.81 bits per heavy atom. The van der Waals surface area contributed by atoms with E-state index in [1.807, 2.05) is 13.8 Å². The Kier molecular flexibility index (Phi) is 7.89. The molecule has 1 aromatic carbocycles. The first-order valence-electron chi connectivity index (χ1n) is 12.0. The van der Waals surface area contributed by atoms with Crippen LogP contribution >= 0.6 is 0 Å². The summed E-state index contributed by atoms with van der Waals surface area (Å²) >= 11 is 0. The maximum atomic E-state index is 13.2. The number of carbonyl (C=O) groups excluding carboxylic acids is 6. The first kappa shape index (κ1) is 27.6. The summed E-state index contributed by atoms with van der Waals surface area (Å²) in [6.07, 6.45) is -0.810. The number of amides is 5. The molecule has 5 amide bonds. The molecular weight excluding hydrogens is 484 g/mol. The average molecular weight is 517 g/mol. The molecule has 12 nitrogen and oxygen atoms in total. The zero-order chi connectivity index (χ0) is 27.7. The molecule has 3 N–H and O–H groups in total. The minimum absolute atomic E-state index is 0.00335. The van der Waals surface area contributed by atoms with Crippen molar-refractivity contribution in [3.05, 3.63) is 29.3 Å². The fourth-order valence-electron chi connectivity index (χ4n) is 4.17. The van der Waals surface area contributed by atoms with Gasteiger partial charge in [0.1, 0.15) is 17.7 Å². The number of nitrogen functional groups attached to an aromatic ring is 1. The van der Waals surface area contributed by atoms with Gasteiger partial charge in [-0.25, -0.2) is 14.5 Å². The second kappa shape index (κ2) is 10.6. The molecule has 0 aliphatic carbocycles. The Bertz CT molecular complexity index is 1140. The first-order valence-corrected chi connectivity index (χ1v) is 12.0. The molecule has 2 heterocycles. The summed E-state index contributed by atoms with van der Waals surface area (Å²) in [5.74, 6) is -3.74. The van der Waals surface area contributed by atoms with Gasteiger partial charge in [0, 0.05) is 12.1 Å². The number of ether oxygens (including phenoxy) is 2. The van der Waals surface area contributed by atoms with E-state index in [0.717, 1.165) is 4.90 Å². The third kappa shape index (κ3) is 6.07. The molecule has 0 saturated carbocycles. The predicted octanol–water partition coefficient (Wildman–Crippen LogP) is 1.82. The molecule has 2 atom stereocenters. The number of carbonyl (C=O) groups is 6. The summed E-state index contributed by atoms with van der Waals surface area (Å²) in [4.78, 5) is 78.0.